The summed E-state index contributed by atoms with van der Waals surface area (Å²) in [6.45, 7) is 0. The molecule has 3 rings (SSSR count). The molecule has 0 amide bonds. The maximum absolute atomic E-state index is 9.52. The number of anilines is 1. The van der Waals surface area contributed by atoms with Gasteiger partial charge < -0.3 is 5.73 Å². The molecule has 1 heterocycles. The average molecular weight is 263 g/mol. The van der Waals surface area contributed by atoms with Crippen LogP contribution in [-0.4, -0.2) is 4.98 Å². The summed E-state index contributed by atoms with van der Waals surface area (Å²) in [7, 11) is 0. The Hall–Kier alpha value is -2.34. The van der Waals surface area contributed by atoms with Gasteiger partial charge in [-0.05, 0) is 30.0 Å². The number of nitriles is 1. The minimum Gasteiger partial charge on any atom is -0.397 e. The molecule has 2 N–H and O–H groups in total. The van der Waals surface area contributed by atoms with E-state index in [1.165, 1.54) is 0 Å². The van der Waals surface area contributed by atoms with Crippen molar-refractivity contribution in [1.82, 2.24) is 4.98 Å². The van der Waals surface area contributed by atoms with Crippen LogP contribution in [0.15, 0.2) is 42.7 Å². The van der Waals surface area contributed by atoms with Crippen LogP contribution in [0.4, 0.5) is 5.69 Å². The van der Waals surface area contributed by atoms with Gasteiger partial charge in [0.05, 0.1) is 17.2 Å². The Balaban J connectivity index is 1.94. The van der Waals surface area contributed by atoms with Crippen molar-refractivity contribution >= 4 is 5.69 Å². The second kappa shape index (κ2) is 4.97. The Morgan fingerprint density at radius 3 is 2.35 bits per heavy atom. The van der Waals surface area contributed by atoms with Crippen LogP contribution < -0.4 is 5.73 Å². The largest absolute Gasteiger partial charge is 0.397 e. The van der Waals surface area contributed by atoms with Crippen molar-refractivity contribution in [2.75, 3.05) is 5.73 Å². The number of nitrogens with two attached hydrogens (primary N) is 1. The second-order valence-electron chi connectivity index (χ2n) is 5.49. The molecule has 0 atom stereocenters. The van der Waals surface area contributed by atoms with E-state index < -0.39 is 0 Å². The van der Waals surface area contributed by atoms with Gasteiger partial charge in [-0.25, -0.2) is 0 Å². The molecule has 1 fully saturated rings. The van der Waals surface area contributed by atoms with Crippen LogP contribution in [0.2, 0.25) is 0 Å². The molecular weight excluding hydrogens is 246 g/mol. The summed E-state index contributed by atoms with van der Waals surface area (Å²) in [5.41, 5.74) is 9.38. The molecule has 3 heteroatoms. The van der Waals surface area contributed by atoms with Crippen molar-refractivity contribution in [3.8, 4) is 17.2 Å². The number of nitrogen functional groups attached to an aromatic ring is 1. The van der Waals surface area contributed by atoms with Crippen molar-refractivity contribution in [3.63, 3.8) is 0 Å². The minimum absolute atomic E-state index is 0.271. The van der Waals surface area contributed by atoms with E-state index in [1.54, 1.807) is 12.4 Å². The average Bonchev–Trinajstić information content (AvgIpc) is 2.98. The van der Waals surface area contributed by atoms with Gasteiger partial charge in [-0.1, -0.05) is 37.1 Å². The third kappa shape index (κ3) is 2.14. The van der Waals surface area contributed by atoms with Crippen molar-refractivity contribution in [3.05, 3.63) is 48.3 Å². The SMILES string of the molecule is N#CC1(c2ccc(-c3cncc(N)c3)cc2)CCCC1. The quantitative estimate of drug-likeness (QED) is 0.899. The molecule has 1 aromatic carbocycles. The maximum atomic E-state index is 9.52. The normalized spacial score (nSPS) is 16.8. The molecule has 1 aromatic heterocycles. The van der Waals surface area contributed by atoms with Crippen LogP contribution in [-0.2, 0) is 5.41 Å². The summed E-state index contributed by atoms with van der Waals surface area (Å²) in [6.07, 6.45) is 7.69. The van der Waals surface area contributed by atoms with E-state index in [0.717, 1.165) is 42.4 Å². The predicted octanol–water partition coefficient (Wildman–Crippen LogP) is 3.67. The van der Waals surface area contributed by atoms with E-state index in [0.29, 0.717) is 5.69 Å². The highest BCUT2D eigenvalue weighted by Crippen LogP contribution is 2.40. The highest BCUT2D eigenvalue weighted by Gasteiger charge is 2.35. The van der Waals surface area contributed by atoms with Gasteiger partial charge in [0, 0.05) is 18.0 Å². The fourth-order valence-corrected chi connectivity index (χ4v) is 3.04. The Bertz CT molecular complexity index is 647. The van der Waals surface area contributed by atoms with Gasteiger partial charge >= 0.3 is 0 Å². The molecule has 2 aromatic rings. The highest BCUT2D eigenvalue weighted by atomic mass is 14.7. The lowest BCUT2D eigenvalue weighted by molar-refractivity contribution is 0.573. The standard InChI is InChI=1S/C17H17N3/c18-12-17(7-1-2-8-17)15-5-3-13(4-6-15)14-9-16(19)11-20-10-14/h3-6,9-11H,1-2,7-8,19H2. The van der Waals surface area contributed by atoms with Gasteiger partial charge in [0.25, 0.3) is 0 Å². The van der Waals surface area contributed by atoms with Gasteiger partial charge in [-0.2, -0.15) is 5.26 Å². The molecule has 1 saturated carbocycles. The van der Waals surface area contributed by atoms with Crippen molar-refractivity contribution in [1.29, 1.82) is 5.26 Å². The van der Waals surface area contributed by atoms with E-state index in [1.807, 2.05) is 6.07 Å². The van der Waals surface area contributed by atoms with Crippen LogP contribution in [0.25, 0.3) is 11.1 Å². The van der Waals surface area contributed by atoms with Gasteiger partial charge in [0.2, 0.25) is 0 Å². The molecule has 1 aliphatic carbocycles. The van der Waals surface area contributed by atoms with Crippen molar-refractivity contribution < 1.29 is 0 Å². The Morgan fingerprint density at radius 1 is 1.05 bits per heavy atom. The number of hydrogen-bond donors (Lipinski definition) is 1. The van der Waals surface area contributed by atoms with E-state index in [4.69, 9.17) is 5.73 Å². The molecule has 0 radical (unpaired) electrons. The molecule has 20 heavy (non-hydrogen) atoms. The zero-order valence-corrected chi connectivity index (χ0v) is 11.3. The zero-order valence-electron chi connectivity index (χ0n) is 11.3. The molecule has 0 spiro atoms. The number of nitrogens with zero attached hydrogens (tertiary/aromatic N) is 2. The number of rotatable bonds is 2. The lowest BCUT2D eigenvalue weighted by atomic mass is 9.80. The smallest absolute Gasteiger partial charge is 0.0822 e. The highest BCUT2D eigenvalue weighted by molar-refractivity contribution is 5.66. The van der Waals surface area contributed by atoms with Crippen LogP contribution in [0, 0.1) is 11.3 Å². The molecule has 0 aliphatic heterocycles. The molecule has 3 nitrogen and oxygen atoms in total. The van der Waals surface area contributed by atoms with Gasteiger partial charge in [0.1, 0.15) is 0 Å². The first-order valence-electron chi connectivity index (χ1n) is 6.96. The van der Waals surface area contributed by atoms with E-state index in [9.17, 15) is 5.26 Å². The number of hydrogen-bond acceptors (Lipinski definition) is 3. The Morgan fingerprint density at radius 2 is 1.75 bits per heavy atom. The first-order valence-corrected chi connectivity index (χ1v) is 6.96. The maximum Gasteiger partial charge on any atom is 0.0822 e. The fraction of sp³-hybridized carbons (Fsp3) is 0.294. The van der Waals surface area contributed by atoms with Gasteiger partial charge in [0.15, 0.2) is 0 Å². The number of pyridine rings is 1. The summed E-state index contributed by atoms with van der Waals surface area (Å²) in [6, 6.07) is 12.7. The number of benzene rings is 1. The van der Waals surface area contributed by atoms with Crippen molar-refractivity contribution in [2.45, 2.75) is 31.1 Å². The zero-order chi connectivity index (χ0) is 14.0. The third-order valence-electron chi connectivity index (χ3n) is 4.20. The molecule has 1 aliphatic rings. The molecule has 100 valence electrons. The minimum atomic E-state index is -0.271. The van der Waals surface area contributed by atoms with Gasteiger partial charge in [-0.15, -0.1) is 0 Å². The van der Waals surface area contributed by atoms with E-state index in [-0.39, 0.29) is 5.41 Å². The first-order chi connectivity index (χ1) is 9.73. The molecule has 0 bridgehead atoms. The van der Waals surface area contributed by atoms with Gasteiger partial charge in [-0.3, -0.25) is 4.98 Å². The molecule has 0 unspecified atom stereocenters. The Kier molecular flexibility index (Phi) is 3.15. The molecular formula is C17H17N3. The monoisotopic (exact) mass is 263 g/mol. The van der Waals surface area contributed by atoms with Crippen LogP contribution in [0.1, 0.15) is 31.2 Å². The predicted molar refractivity (Wildman–Crippen MR) is 79.8 cm³/mol. The summed E-state index contributed by atoms with van der Waals surface area (Å²) < 4.78 is 0. The summed E-state index contributed by atoms with van der Waals surface area (Å²) in [4.78, 5) is 4.11. The fourth-order valence-electron chi connectivity index (χ4n) is 3.04. The van der Waals surface area contributed by atoms with Crippen LogP contribution in [0.3, 0.4) is 0 Å². The number of aromatic nitrogens is 1. The topological polar surface area (TPSA) is 62.7 Å². The lowest BCUT2D eigenvalue weighted by Gasteiger charge is -2.20. The van der Waals surface area contributed by atoms with Crippen LogP contribution in [0.5, 0.6) is 0 Å². The third-order valence-corrected chi connectivity index (χ3v) is 4.20. The lowest BCUT2D eigenvalue weighted by Crippen LogP contribution is -2.18. The molecule has 0 saturated heterocycles. The summed E-state index contributed by atoms with van der Waals surface area (Å²) in [5, 5.41) is 9.52. The summed E-state index contributed by atoms with van der Waals surface area (Å²) >= 11 is 0. The van der Waals surface area contributed by atoms with Crippen molar-refractivity contribution in [2.24, 2.45) is 0 Å². The Labute approximate surface area is 119 Å². The van der Waals surface area contributed by atoms with E-state index >= 15 is 0 Å². The van der Waals surface area contributed by atoms with Crippen LogP contribution >= 0.6 is 0 Å². The second-order valence-corrected chi connectivity index (χ2v) is 5.49. The van der Waals surface area contributed by atoms with E-state index in [2.05, 4.69) is 35.3 Å². The summed E-state index contributed by atoms with van der Waals surface area (Å²) in [5.74, 6) is 0. The first kappa shape index (κ1) is 12.7.